The number of amides is 1. The number of nitrogens with zero attached hydrogens (tertiary/aromatic N) is 3. The van der Waals surface area contributed by atoms with Crippen LogP contribution in [0.4, 0.5) is 5.69 Å². The van der Waals surface area contributed by atoms with Gasteiger partial charge in [-0.25, -0.2) is 13.1 Å². The Balaban J connectivity index is 1.38. The van der Waals surface area contributed by atoms with E-state index in [0.29, 0.717) is 12.2 Å². The fraction of sp³-hybridized carbons (Fsp3) is 0.308. The maximum Gasteiger partial charge on any atom is 0.264 e. The first-order valence-corrected chi connectivity index (χ1v) is 13.5. The summed E-state index contributed by atoms with van der Waals surface area (Å²) < 4.78 is 30.2. The molecule has 8 nitrogen and oxygen atoms in total. The van der Waals surface area contributed by atoms with Gasteiger partial charge in [0.1, 0.15) is 5.75 Å². The van der Waals surface area contributed by atoms with Crippen molar-refractivity contribution in [3.05, 3.63) is 78.1 Å². The third kappa shape index (κ3) is 6.58. The quantitative estimate of drug-likeness (QED) is 0.514. The first-order chi connectivity index (χ1) is 16.8. The Bertz CT molecular complexity index is 1270. The molecular weight excluding hydrogens is 464 g/mol. The molecule has 1 aliphatic heterocycles. The molecule has 35 heavy (non-hydrogen) atoms. The number of hydrogen-bond acceptors (Lipinski definition) is 7. The van der Waals surface area contributed by atoms with E-state index >= 15 is 0 Å². The van der Waals surface area contributed by atoms with Gasteiger partial charge in [-0.05, 0) is 48.4 Å². The van der Waals surface area contributed by atoms with Crippen LogP contribution in [0.2, 0.25) is 0 Å². The lowest BCUT2D eigenvalue weighted by Crippen LogP contribution is -2.46. The van der Waals surface area contributed by atoms with Gasteiger partial charge in [0.2, 0.25) is 10.0 Å². The molecule has 184 valence electrons. The van der Waals surface area contributed by atoms with E-state index in [4.69, 9.17) is 4.74 Å². The summed E-state index contributed by atoms with van der Waals surface area (Å²) in [5, 5.41) is 0. The third-order valence-electron chi connectivity index (χ3n) is 5.89. The van der Waals surface area contributed by atoms with E-state index in [9.17, 15) is 13.2 Å². The molecule has 0 atom stereocenters. The molecule has 0 radical (unpaired) electrons. The molecule has 2 heterocycles. The summed E-state index contributed by atoms with van der Waals surface area (Å²) in [6.45, 7) is 6.94. The highest BCUT2D eigenvalue weighted by atomic mass is 32.2. The van der Waals surface area contributed by atoms with Gasteiger partial charge in [0.15, 0.2) is 0 Å². The van der Waals surface area contributed by atoms with Crippen LogP contribution in [-0.4, -0.2) is 63.3 Å². The van der Waals surface area contributed by atoms with E-state index in [2.05, 4.69) is 33.0 Å². The van der Waals surface area contributed by atoms with E-state index in [1.54, 1.807) is 18.3 Å². The highest BCUT2D eigenvalue weighted by Gasteiger charge is 2.19. The Morgan fingerprint density at radius 1 is 1.03 bits per heavy atom. The topological polar surface area (TPSA) is 91.8 Å². The van der Waals surface area contributed by atoms with Gasteiger partial charge in [-0.1, -0.05) is 24.3 Å². The van der Waals surface area contributed by atoms with Crippen LogP contribution in [0.3, 0.4) is 0 Å². The molecule has 9 heteroatoms. The van der Waals surface area contributed by atoms with Gasteiger partial charge in [-0.2, -0.15) is 0 Å². The van der Waals surface area contributed by atoms with Gasteiger partial charge in [-0.3, -0.25) is 14.7 Å². The number of sulfonamides is 1. The molecule has 1 amide bonds. The molecule has 4 rings (SSSR count). The van der Waals surface area contributed by atoms with Gasteiger partial charge in [0.05, 0.1) is 19.1 Å². The minimum Gasteiger partial charge on any atom is -0.492 e. The van der Waals surface area contributed by atoms with E-state index in [1.165, 1.54) is 5.56 Å². The Labute approximate surface area is 206 Å². The van der Waals surface area contributed by atoms with Crippen LogP contribution >= 0.6 is 0 Å². The van der Waals surface area contributed by atoms with Crippen molar-refractivity contribution in [1.82, 2.24) is 14.6 Å². The van der Waals surface area contributed by atoms with E-state index in [0.717, 1.165) is 61.5 Å². The third-order valence-corrected chi connectivity index (χ3v) is 6.45. The summed E-state index contributed by atoms with van der Waals surface area (Å²) in [4.78, 5) is 21.1. The lowest BCUT2D eigenvalue weighted by Gasteiger charge is -2.36. The van der Waals surface area contributed by atoms with Gasteiger partial charge in [0.25, 0.3) is 5.91 Å². The molecule has 0 spiro atoms. The number of ether oxygens (including phenoxy) is 1. The van der Waals surface area contributed by atoms with Crippen molar-refractivity contribution in [2.75, 3.05) is 43.9 Å². The molecule has 0 aliphatic carbocycles. The molecule has 0 saturated carbocycles. The Hall–Kier alpha value is -3.43. The van der Waals surface area contributed by atoms with Crippen molar-refractivity contribution in [3.63, 3.8) is 0 Å². The van der Waals surface area contributed by atoms with E-state index in [-0.39, 0.29) is 0 Å². The number of carbonyl (C=O) groups is 1. The lowest BCUT2D eigenvalue weighted by molar-refractivity contribution is 0.0981. The summed E-state index contributed by atoms with van der Waals surface area (Å²) in [5.41, 5.74) is 4.78. The summed E-state index contributed by atoms with van der Waals surface area (Å²) in [5.74, 6) is 0.151. The highest BCUT2D eigenvalue weighted by molar-refractivity contribution is 7.89. The summed E-state index contributed by atoms with van der Waals surface area (Å²) >= 11 is 0. The standard InChI is InChI=1S/C26H30N4O4S/c1-3-34-24-16-22(17-27-18-24)25-7-5-4-6-21(25)19-29-12-14-30(15-13-29)23-10-8-20(9-11-23)26(31)28-35(2,32)33/h4-11,16-18H,3,12-15,19H2,1-2H3,(H,28,31). The van der Waals surface area contributed by atoms with Gasteiger partial charge < -0.3 is 9.64 Å². The largest absolute Gasteiger partial charge is 0.492 e. The van der Waals surface area contributed by atoms with Crippen molar-refractivity contribution >= 4 is 21.6 Å². The Kier molecular flexibility index (Phi) is 7.67. The number of benzene rings is 2. The monoisotopic (exact) mass is 494 g/mol. The van der Waals surface area contributed by atoms with Gasteiger partial charge >= 0.3 is 0 Å². The van der Waals surface area contributed by atoms with Crippen LogP contribution < -0.4 is 14.4 Å². The zero-order valence-corrected chi connectivity index (χ0v) is 20.8. The van der Waals surface area contributed by atoms with Crippen LogP contribution in [-0.2, 0) is 16.6 Å². The molecule has 3 aromatic rings. The highest BCUT2D eigenvalue weighted by Crippen LogP contribution is 2.27. The maximum absolute atomic E-state index is 12.0. The van der Waals surface area contributed by atoms with Gasteiger partial charge in [-0.15, -0.1) is 0 Å². The zero-order valence-electron chi connectivity index (χ0n) is 20.0. The van der Waals surface area contributed by atoms with Crippen LogP contribution in [0.25, 0.3) is 11.1 Å². The molecule has 0 unspecified atom stereocenters. The normalized spacial score (nSPS) is 14.5. The number of carbonyl (C=O) groups excluding carboxylic acids is 1. The molecule has 1 saturated heterocycles. The summed E-state index contributed by atoms with van der Waals surface area (Å²) in [6.07, 6.45) is 4.57. The number of rotatable bonds is 8. The van der Waals surface area contributed by atoms with Crippen molar-refractivity contribution in [2.45, 2.75) is 13.5 Å². The van der Waals surface area contributed by atoms with Crippen molar-refractivity contribution in [1.29, 1.82) is 0 Å². The van der Waals surface area contributed by atoms with E-state index in [1.807, 2.05) is 42.1 Å². The number of aromatic nitrogens is 1. The van der Waals surface area contributed by atoms with Crippen LogP contribution in [0.15, 0.2) is 67.0 Å². The predicted octanol–water partition coefficient (Wildman–Crippen LogP) is 3.16. The fourth-order valence-electron chi connectivity index (χ4n) is 4.21. The number of nitrogens with one attached hydrogen (secondary N) is 1. The second-order valence-electron chi connectivity index (χ2n) is 8.51. The summed E-state index contributed by atoms with van der Waals surface area (Å²) in [7, 11) is -3.59. The molecular formula is C26H30N4O4S. The molecule has 1 N–H and O–H groups in total. The summed E-state index contributed by atoms with van der Waals surface area (Å²) in [6, 6.07) is 17.5. The average Bonchev–Trinajstić information content (AvgIpc) is 2.84. The Morgan fingerprint density at radius 3 is 2.43 bits per heavy atom. The van der Waals surface area contributed by atoms with Crippen molar-refractivity contribution in [3.8, 4) is 16.9 Å². The van der Waals surface area contributed by atoms with E-state index < -0.39 is 15.9 Å². The van der Waals surface area contributed by atoms with Gasteiger partial charge in [0, 0.05) is 55.7 Å². The first-order valence-electron chi connectivity index (χ1n) is 11.6. The molecule has 2 aromatic carbocycles. The van der Waals surface area contributed by atoms with Crippen molar-refractivity contribution < 1.29 is 17.9 Å². The minimum absolute atomic E-state index is 0.317. The maximum atomic E-state index is 12.0. The number of piperazine rings is 1. The predicted molar refractivity (Wildman–Crippen MR) is 137 cm³/mol. The number of pyridine rings is 1. The second kappa shape index (κ2) is 10.9. The molecule has 0 bridgehead atoms. The smallest absolute Gasteiger partial charge is 0.264 e. The molecule has 1 aliphatic rings. The molecule has 1 fully saturated rings. The zero-order chi connectivity index (χ0) is 24.8. The van der Waals surface area contributed by atoms with Crippen LogP contribution in [0.1, 0.15) is 22.8 Å². The van der Waals surface area contributed by atoms with Crippen LogP contribution in [0.5, 0.6) is 5.75 Å². The lowest BCUT2D eigenvalue weighted by atomic mass is 10.0. The number of hydrogen-bond donors (Lipinski definition) is 1. The fourth-order valence-corrected chi connectivity index (χ4v) is 4.66. The second-order valence-corrected chi connectivity index (χ2v) is 10.3. The first kappa shape index (κ1) is 24.7. The van der Waals surface area contributed by atoms with Crippen molar-refractivity contribution in [2.24, 2.45) is 0 Å². The molecule has 1 aromatic heterocycles. The van der Waals surface area contributed by atoms with Crippen LogP contribution in [0, 0.1) is 0 Å². The SMILES string of the molecule is CCOc1cncc(-c2ccccc2CN2CCN(c3ccc(C(=O)NS(C)(=O)=O)cc3)CC2)c1. The minimum atomic E-state index is -3.59. The number of anilines is 1. The Morgan fingerprint density at radius 2 is 1.74 bits per heavy atom. The average molecular weight is 495 g/mol.